The summed E-state index contributed by atoms with van der Waals surface area (Å²) in [4.78, 5) is 23.5. The summed E-state index contributed by atoms with van der Waals surface area (Å²) in [6.45, 7) is 12.6. The fourth-order valence-corrected chi connectivity index (χ4v) is 3.37. The van der Waals surface area contributed by atoms with Crippen LogP contribution in [0.2, 0.25) is 0 Å². The summed E-state index contributed by atoms with van der Waals surface area (Å²) in [5, 5.41) is 4.75. The fraction of sp³-hybridized carbons (Fsp3) is 0.417. The molecule has 0 fully saturated rings. The summed E-state index contributed by atoms with van der Waals surface area (Å²) in [7, 11) is 0. The van der Waals surface area contributed by atoms with Gasteiger partial charge in [-0.3, -0.25) is 14.4 Å². The van der Waals surface area contributed by atoms with E-state index in [1.807, 2.05) is 44.6 Å². The van der Waals surface area contributed by atoms with Gasteiger partial charge in [-0.1, -0.05) is 27.7 Å². The number of carbonyl (C=O) groups excluding carboxylic acids is 1. The van der Waals surface area contributed by atoms with Gasteiger partial charge in [0.15, 0.2) is 0 Å². The fourth-order valence-electron chi connectivity index (χ4n) is 3.37. The number of amides is 1. The Bertz CT molecular complexity index is 1040. The van der Waals surface area contributed by atoms with Crippen LogP contribution in [0.5, 0.6) is 0 Å². The first kappa shape index (κ1) is 22.6. The monoisotopic (exact) mass is 423 g/mol. The Balaban J connectivity index is 2.11. The summed E-state index contributed by atoms with van der Waals surface area (Å²) < 4.78 is 15.4. The second-order valence-corrected chi connectivity index (χ2v) is 8.71. The van der Waals surface area contributed by atoms with E-state index < -0.39 is 0 Å². The normalized spacial score (nSPS) is 11.5. The maximum atomic E-state index is 13.5. The van der Waals surface area contributed by atoms with Crippen molar-refractivity contribution in [2.45, 2.75) is 54.1 Å². The second kappa shape index (κ2) is 9.37. The number of hydrogen-bond acceptors (Lipinski definition) is 4. The minimum atomic E-state index is -0.295. The number of rotatable bonds is 7. The van der Waals surface area contributed by atoms with E-state index in [-0.39, 0.29) is 23.7 Å². The summed E-state index contributed by atoms with van der Waals surface area (Å²) in [5.74, 6) is 0.290. The molecule has 2 heterocycles. The van der Waals surface area contributed by atoms with Crippen LogP contribution in [-0.2, 0) is 11.3 Å². The smallest absolute Gasteiger partial charge is 0.232 e. The average Bonchev–Trinajstić information content (AvgIpc) is 3.11. The molecule has 164 valence electrons. The maximum absolute atomic E-state index is 13.5. The highest BCUT2D eigenvalue weighted by Gasteiger charge is 2.25. The number of benzene rings is 1. The molecule has 0 radical (unpaired) electrons. The average molecular weight is 424 g/mol. The number of carbonyl (C=O) groups is 1. The van der Waals surface area contributed by atoms with Crippen molar-refractivity contribution in [1.29, 1.82) is 0 Å². The van der Waals surface area contributed by atoms with Crippen molar-refractivity contribution in [2.24, 2.45) is 11.8 Å². The standard InChI is InChI=1S/C24H30FN5O/c1-15(2)13-29-14-20(22(28-29)18-7-9-19(25)10-8-18)21-11-12-26-24(27-21)30(17(5)6)23(31)16(3)4/h7-12,14-17H,13H2,1-6H3. The highest BCUT2D eigenvalue weighted by atomic mass is 19.1. The molecular formula is C24H30FN5O. The van der Waals surface area contributed by atoms with Gasteiger partial charge in [0, 0.05) is 42.0 Å². The summed E-state index contributed by atoms with van der Waals surface area (Å²) in [6, 6.07) is 8.01. The molecule has 0 saturated heterocycles. The number of halogens is 1. The number of aromatic nitrogens is 4. The molecule has 0 unspecified atom stereocenters. The molecule has 1 amide bonds. The molecule has 0 saturated carbocycles. The van der Waals surface area contributed by atoms with Crippen molar-refractivity contribution in [3.63, 3.8) is 0 Å². The van der Waals surface area contributed by atoms with Crippen LogP contribution in [0, 0.1) is 17.7 Å². The zero-order valence-corrected chi connectivity index (χ0v) is 19.0. The first-order valence-electron chi connectivity index (χ1n) is 10.7. The Labute approximate surface area is 183 Å². The Morgan fingerprint density at radius 3 is 2.32 bits per heavy atom. The predicted molar refractivity (Wildman–Crippen MR) is 121 cm³/mol. The number of hydrogen-bond donors (Lipinski definition) is 0. The number of anilines is 1. The zero-order valence-electron chi connectivity index (χ0n) is 19.0. The highest BCUT2D eigenvalue weighted by molar-refractivity contribution is 5.93. The van der Waals surface area contributed by atoms with E-state index in [4.69, 9.17) is 10.1 Å². The van der Waals surface area contributed by atoms with Gasteiger partial charge in [0.05, 0.1) is 5.69 Å². The Hall–Kier alpha value is -3.09. The predicted octanol–water partition coefficient (Wildman–Crippen LogP) is 5.20. The molecule has 1 aromatic carbocycles. The van der Waals surface area contributed by atoms with Gasteiger partial charge in [-0.05, 0) is 50.1 Å². The Kier molecular flexibility index (Phi) is 6.83. The van der Waals surface area contributed by atoms with E-state index in [0.29, 0.717) is 17.6 Å². The van der Waals surface area contributed by atoms with Gasteiger partial charge in [0.2, 0.25) is 11.9 Å². The Morgan fingerprint density at radius 2 is 1.74 bits per heavy atom. The lowest BCUT2D eigenvalue weighted by Gasteiger charge is -2.26. The Morgan fingerprint density at radius 1 is 1.06 bits per heavy atom. The SMILES string of the molecule is CC(C)Cn1cc(-c2ccnc(N(C(=O)C(C)C)C(C)C)n2)c(-c2ccc(F)cc2)n1. The first-order valence-corrected chi connectivity index (χ1v) is 10.7. The van der Waals surface area contributed by atoms with Crippen molar-refractivity contribution in [3.05, 3.63) is 48.5 Å². The van der Waals surface area contributed by atoms with Crippen LogP contribution in [-0.4, -0.2) is 31.7 Å². The van der Waals surface area contributed by atoms with Crippen molar-refractivity contribution in [1.82, 2.24) is 19.7 Å². The van der Waals surface area contributed by atoms with Crippen LogP contribution in [0.25, 0.3) is 22.5 Å². The third kappa shape index (κ3) is 5.16. The maximum Gasteiger partial charge on any atom is 0.232 e. The first-order chi connectivity index (χ1) is 14.7. The molecule has 0 aliphatic carbocycles. The van der Waals surface area contributed by atoms with Gasteiger partial charge < -0.3 is 0 Å². The highest BCUT2D eigenvalue weighted by Crippen LogP contribution is 2.31. The molecule has 6 nitrogen and oxygen atoms in total. The molecular weight excluding hydrogens is 393 g/mol. The van der Waals surface area contributed by atoms with Crippen molar-refractivity contribution in [3.8, 4) is 22.5 Å². The van der Waals surface area contributed by atoms with Gasteiger partial charge in [-0.25, -0.2) is 14.4 Å². The lowest BCUT2D eigenvalue weighted by Crippen LogP contribution is -2.40. The van der Waals surface area contributed by atoms with E-state index in [0.717, 1.165) is 23.4 Å². The zero-order chi connectivity index (χ0) is 22.7. The molecule has 3 rings (SSSR count). The second-order valence-electron chi connectivity index (χ2n) is 8.71. The van der Waals surface area contributed by atoms with Crippen LogP contribution < -0.4 is 4.90 Å². The number of nitrogens with zero attached hydrogens (tertiary/aromatic N) is 5. The van der Waals surface area contributed by atoms with Crippen LogP contribution in [0.1, 0.15) is 41.5 Å². The van der Waals surface area contributed by atoms with Gasteiger partial charge in [-0.2, -0.15) is 5.10 Å². The molecule has 3 aromatic rings. The largest absolute Gasteiger partial charge is 0.278 e. The van der Waals surface area contributed by atoms with Crippen LogP contribution >= 0.6 is 0 Å². The molecule has 0 atom stereocenters. The van der Waals surface area contributed by atoms with E-state index in [9.17, 15) is 9.18 Å². The molecule has 0 bridgehead atoms. The van der Waals surface area contributed by atoms with Crippen LogP contribution in [0.15, 0.2) is 42.7 Å². The van der Waals surface area contributed by atoms with E-state index in [1.165, 1.54) is 12.1 Å². The van der Waals surface area contributed by atoms with Gasteiger partial charge in [-0.15, -0.1) is 0 Å². The van der Waals surface area contributed by atoms with Gasteiger partial charge in [0.25, 0.3) is 0 Å². The molecule has 2 aromatic heterocycles. The molecule has 31 heavy (non-hydrogen) atoms. The van der Waals surface area contributed by atoms with E-state index >= 15 is 0 Å². The molecule has 0 spiro atoms. The van der Waals surface area contributed by atoms with E-state index in [1.54, 1.807) is 23.2 Å². The molecule has 7 heteroatoms. The summed E-state index contributed by atoms with van der Waals surface area (Å²) >= 11 is 0. The topological polar surface area (TPSA) is 63.9 Å². The van der Waals surface area contributed by atoms with Gasteiger partial charge in [0.1, 0.15) is 11.5 Å². The summed E-state index contributed by atoms with van der Waals surface area (Å²) in [6.07, 6.45) is 3.61. The molecule has 0 aliphatic heterocycles. The quantitative estimate of drug-likeness (QED) is 0.524. The lowest BCUT2D eigenvalue weighted by atomic mass is 10.1. The van der Waals surface area contributed by atoms with Crippen LogP contribution in [0.4, 0.5) is 10.3 Å². The minimum absolute atomic E-state index is 0.0265. The third-order valence-electron chi connectivity index (χ3n) is 4.81. The van der Waals surface area contributed by atoms with Crippen molar-refractivity contribution >= 4 is 11.9 Å². The third-order valence-corrected chi connectivity index (χ3v) is 4.81. The van der Waals surface area contributed by atoms with E-state index in [2.05, 4.69) is 18.8 Å². The molecule has 0 aliphatic rings. The van der Waals surface area contributed by atoms with Crippen LogP contribution in [0.3, 0.4) is 0 Å². The van der Waals surface area contributed by atoms with Crippen molar-refractivity contribution in [2.75, 3.05) is 4.90 Å². The van der Waals surface area contributed by atoms with Crippen molar-refractivity contribution < 1.29 is 9.18 Å². The van der Waals surface area contributed by atoms with Gasteiger partial charge >= 0.3 is 0 Å². The summed E-state index contributed by atoms with van der Waals surface area (Å²) in [5.41, 5.74) is 3.01. The lowest BCUT2D eigenvalue weighted by molar-refractivity contribution is -0.121. The molecule has 0 N–H and O–H groups in total. The minimum Gasteiger partial charge on any atom is -0.278 e.